The quantitative estimate of drug-likeness (QED) is 0.286. The van der Waals surface area contributed by atoms with Crippen LogP contribution in [0.3, 0.4) is 0 Å². The lowest BCUT2D eigenvalue weighted by Crippen LogP contribution is -2.41. The van der Waals surface area contributed by atoms with E-state index in [4.69, 9.17) is 4.74 Å². The van der Waals surface area contributed by atoms with Crippen molar-refractivity contribution in [2.45, 2.75) is 39.7 Å². The summed E-state index contributed by atoms with van der Waals surface area (Å²) in [5.41, 5.74) is 3.09. The number of hydrogen-bond acceptors (Lipinski definition) is 2. The Kier molecular flexibility index (Phi) is 9.05. The summed E-state index contributed by atoms with van der Waals surface area (Å²) < 4.78 is 5.51. The zero-order chi connectivity index (χ0) is 16.7. The fraction of sp³-hybridized carbons (Fsp3) is 0.632. The highest BCUT2D eigenvalue weighted by molar-refractivity contribution is 14.0. The number of hydrogen-bond donors (Lipinski definition) is 1. The molecule has 1 aromatic rings. The first kappa shape index (κ1) is 21.2. The van der Waals surface area contributed by atoms with Crippen LogP contribution in [0.15, 0.2) is 29.3 Å². The molecule has 24 heavy (non-hydrogen) atoms. The summed E-state index contributed by atoms with van der Waals surface area (Å²) in [6.07, 6.45) is 3.74. The van der Waals surface area contributed by atoms with E-state index in [2.05, 4.69) is 60.4 Å². The summed E-state index contributed by atoms with van der Waals surface area (Å²) in [6, 6.07) is 8.52. The highest BCUT2D eigenvalue weighted by Crippen LogP contribution is 2.48. The van der Waals surface area contributed by atoms with Gasteiger partial charge in [-0.05, 0) is 49.7 Å². The molecule has 1 saturated carbocycles. The summed E-state index contributed by atoms with van der Waals surface area (Å²) in [7, 11) is 3.96. The van der Waals surface area contributed by atoms with Crippen molar-refractivity contribution >= 4 is 29.9 Å². The first-order chi connectivity index (χ1) is 11.1. The molecular formula is C19H32IN3O. The van der Waals surface area contributed by atoms with Gasteiger partial charge in [0.15, 0.2) is 5.96 Å². The zero-order valence-corrected chi connectivity index (χ0v) is 17.8. The molecule has 0 saturated heterocycles. The molecular weight excluding hydrogens is 413 g/mol. The Morgan fingerprint density at radius 1 is 1.33 bits per heavy atom. The molecule has 2 rings (SSSR count). The Balaban J connectivity index is 0.00000288. The number of aliphatic imine (C=N–C) groups is 1. The second-order valence-electron chi connectivity index (χ2n) is 6.63. The fourth-order valence-corrected chi connectivity index (χ4v) is 2.89. The van der Waals surface area contributed by atoms with Gasteiger partial charge in [-0.3, -0.25) is 4.99 Å². The third-order valence-corrected chi connectivity index (χ3v) is 4.80. The molecule has 0 unspecified atom stereocenters. The number of nitrogens with zero attached hydrogens (tertiary/aromatic N) is 2. The molecule has 0 amide bonds. The van der Waals surface area contributed by atoms with E-state index in [-0.39, 0.29) is 24.0 Å². The van der Waals surface area contributed by atoms with E-state index in [1.807, 2.05) is 7.05 Å². The molecule has 0 atom stereocenters. The number of ether oxygens (including phenoxy) is 1. The van der Waals surface area contributed by atoms with E-state index in [0.717, 1.165) is 38.7 Å². The van der Waals surface area contributed by atoms with Gasteiger partial charge in [-0.25, -0.2) is 0 Å². The molecule has 0 heterocycles. The highest BCUT2D eigenvalue weighted by atomic mass is 127. The maximum Gasteiger partial charge on any atom is 0.193 e. The summed E-state index contributed by atoms with van der Waals surface area (Å²) >= 11 is 0. The van der Waals surface area contributed by atoms with E-state index in [1.54, 1.807) is 0 Å². The molecule has 1 aromatic carbocycles. The molecule has 5 heteroatoms. The lowest BCUT2D eigenvalue weighted by Gasteiger charge is -2.25. The first-order valence-corrected chi connectivity index (χ1v) is 8.64. The van der Waals surface area contributed by atoms with E-state index >= 15 is 0 Å². The second kappa shape index (κ2) is 10.2. The third kappa shape index (κ3) is 6.24. The molecule has 1 aliphatic carbocycles. The van der Waals surface area contributed by atoms with Crippen molar-refractivity contribution in [2.24, 2.45) is 10.4 Å². The smallest absolute Gasteiger partial charge is 0.193 e. The SMILES string of the molecule is CCOCCC1(CNC(=NC)N(C)Cc2ccccc2C)CC1.I. The summed E-state index contributed by atoms with van der Waals surface area (Å²) in [5, 5.41) is 3.56. The molecule has 0 radical (unpaired) electrons. The normalized spacial score (nSPS) is 15.6. The van der Waals surface area contributed by atoms with Gasteiger partial charge >= 0.3 is 0 Å². The molecule has 1 aliphatic rings. The zero-order valence-electron chi connectivity index (χ0n) is 15.5. The van der Waals surface area contributed by atoms with Crippen LogP contribution >= 0.6 is 24.0 Å². The Morgan fingerprint density at radius 2 is 2.04 bits per heavy atom. The molecule has 4 nitrogen and oxygen atoms in total. The standard InChI is InChI=1S/C19H31N3O.HI/c1-5-23-13-12-19(10-11-19)15-21-18(20-3)22(4)14-17-9-7-6-8-16(17)2;/h6-9H,5,10-15H2,1-4H3,(H,20,21);1H. The van der Waals surface area contributed by atoms with E-state index in [1.165, 1.54) is 24.0 Å². The van der Waals surface area contributed by atoms with Crippen molar-refractivity contribution in [1.82, 2.24) is 10.2 Å². The van der Waals surface area contributed by atoms with Gasteiger partial charge in [-0.15, -0.1) is 24.0 Å². The predicted octanol–water partition coefficient (Wildman–Crippen LogP) is 3.83. The molecule has 1 fully saturated rings. The number of rotatable bonds is 8. The van der Waals surface area contributed by atoms with Crippen molar-refractivity contribution in [1.29, 1.82) is 0 Å². The molecule has 0 spiro atoms. The van der Waals surface area contributed by atoms with Gasteiger partial charge < -0.3 is 15.0 Å². The third-order valence-electron chi connectivity index (χ3n) is 4.80. The van der Waals surface area contributed by atoms with Gasteiger partial charge in [0.05, 0.1) is 0 Å². The molecule has 0 bridgehead atoms. The summed E-state index contributed by atoms with van der Waals surface area (Å²) in [6.45, 7) is 7.76. The lowest BCUT2D eigenvalue weighted by atomic mass is 10.0. The number of nitrogens with one attached hydrogen (secondary N) is 1. The number of aryl methyl sites for hydroxylation is 1. The fourth-order valence-electron chi connectivity index (χ4n) is 2.89. The molecule has 0 aromatic heterocycles. The number of guanidine groups is 1. The Hall–Kier alpha value is -0.820. The topological polar surface area (TPSA) is 36.9 Å². The second-order valence-corrected chi connectivity index (χ2v) is 6.63. The minimum Gasteiger partial charge on any atom is -0.382 e. The van der Waals surface area contributed by atoms with E-state index in [0.29, 0.717) is 5.41 Å². The maximum atomic E-state index is 5.51. The van der Waals surface area contributed by atoms with Gasteiger partial charge in [0.1, 0.15) is 0 Å². The van der Waals surface area contributed by atoms with Crippen molar-refractivity contribution in [2.75, 3.05) is 33.9 Å². The Bertz CT molecular complexity index is 529. The largest absolute Gasteiger partial charge is 0.382 e. The monoisotopic (exact) mass is 445 g/mol. The van der Waals surface area contributed by atoms with Crippen molar-refractivity contribution in [3.63, 3.8) is 0 Å². The van der Waals surface area contributed by atoms with Crippen LogP contribution in [0.4, 0.5) is 0 Å². The van der Waals surface area contributed by atoms with E-state index < -0.39 is 0 Å². The summed E-state index contributed by atoms with van der Waals surface area (Å²) in [5.74, 6) is 0.968. The van der Waals surface area contributed by atoms with Crippen LogP contribution < -0.4 is 5.32 Å². The van der Waals surface area contributed by atoms with Crippen molar-refractivity contribution in [3.05, 3.63) is 35.4 Å². The van der Waals surface area contributed by atoms with Crippen LogP contribution in [0, 0.1) is 12.3 Å². The van der Waals surface area contributed by atoms with Gasteiger partial charge in [-0.1, -0.05) is 24.3 Å². The molecule has 1 N–H and O–H groups in total. The van der Waals surface area contributed by atoms with Crippen LogP contribution in [0.25, 0.3) is 0 Å². The van der Waals surface area contributed by atoms with Crippen LogP contribution in [0.1, 0.15) is 37.3 Å². The lowest BCUT2D eigenvalue weighted by molar-refractivity contribution is 0.128. The van der Waals surface area contributed by atoms with Crippen molar-refractivity contribution in [3.8, 4) is 0 Å². The molecule has 0 aliphatic heterocycles. The van der Waals surface area contributed by atoms with Crippen LogP contribution in [-0.4, -0.2) is 44.7 Å². The van der Waals surface area contributed by atoms with Crippen LogP contribution in [-0.2, 0) is 11.3 Å². The number of halogens is 1. The minimum atomic E-state index is 0. The minimum absolute atomic E-state index is 0. The van der Waals surface area contributed by atoms with Crippen LogP contribution in [0.5, 0.6) is 0 Å². The Labute approximate surface area is 164 Å². The first-order valence-electron chi connectivity index (χ1n) is 8.64. The average Bonchev–Trinajstić information content (AvgIpc) is 3.31. The van der Waals surface area contributed by atoms with Gasteiger partial charge in [-0.2, -0.15) is 0 Å². The van der Waals surface area contributed by atoms with Crippen LogP contribution in [0.2, 0.25) is 0 Å². The molecule has 136 valence electrons. The number of benzene rings is 1. The van der Waals surface area contributed by atoms with E-state index in [9.17, 15) is 0 Å². The van der Waals surface area contributed by atoms with Gasteiger partial charge in [0.2, 0.25) is 0 Å². The highest BCUT2D eigenvalue weighted by Gasteiger charge is 2.42. The Morgan fingerprint density at radius 3 is 2.62 bits per heavy atom. The summed E-state index contributed by atoms with van der Waals surface area (Å²) in [4.78, 5) is 6.64. The average molecular weight is 445 g/mol. The van der Waals surface area contributed by atoms with Gasteiger partial charge in [0, 0.05) is 40.4 Å². The van der Waals surface area contributed by atoms with Crippen molar-refractivity contribution < 1.29 is 4.74 Å². The maximum absolute atomic E-state index is 5.51. The predicted molar refractivity (Wildman–Crippen MR) is 112 cm³/mol. The van der Waals surface area contributed by atoms with Gasteiger partial charge in [0.25, 0.3) is 0 Å².